The van der Waals surface area contributed by atoms with Gasteiger partial charge in [0.25, 0.3) is 8.32 Å². The molecule has 1 saturated carbocycles. The van der Waals surface area contributed by atoms with Crippen LogP contribution in [-0.2, 0) is 25.3 Å². The number of aliphatic hydroxyl groups excluding tert-OH is 1. The maximum absolute atomic E-state index is 13.0. The van der Waals surface area contributed by atoms with Crippen LogP contribution in [0.2, 0.25) is 5.04 Å². The Balaban J connectivity index is 1.86. The summed E-state index contributed by atoms with van der Waals surface area (Å²) in [4.78, 5) is 13.0. The van der Waals surface area contributed by atoms with Gasteiger partial charge in [-0.1, -0.05) is 112 Å². The number of aliphatic hydroxyl groups is 1. The Bertz CT molecular complexity index is 1200. The van der Waals surface area contributed by atoms with E-state index in [0.717, 1.165) is 21.7 Å². The Morgan fingerprint density at radius 1 is 0.905 bits per heavy atom. The van der Waals surface area contributed by atoms with E-state index >= 15 is 0 Å². The van der Waals surface area contributed by atoms with Gasteiger partial charge < -0.3 is 19.0 Å². The lowest BCUT2D eigenvalue weighted by molar-refractivity contribution is -0.145. The Hall–Kier alpha value is -2.07. The molecule has 0 aromatic heterocycles. The number of hydrogen-bond acceptors (Lipinski definition) is 7. The molecule has 0 aliphatic heterocycles. The molecule has 0 spiro atoms. The van der Waals surface area contributed by atoms with Crippen molar-refractivity contribution in [1.29, 1.82) is 0 Å². The predicted molar refractivity (Wildman–Crippen MR) is 178 cm³/mol. The lowest BCUT2D eigenvalue weighted by atomic mass is 10.0. The number of thioether (sulfide) groups is 1. The zero-order valence-corrected chi connectivity index (χ0v) is 27.7. The second-order valence-electron chi connectivity index (χ2n) is 11.7. The van der Waals surface area contributed by atoms with E-state index in [4.69, 9.17) is 13.9 Å². The van der Waals surface area contributed by atoms with Crippen molar-refractivity contribution in [2.75, 3.05) is 18.1 Å². The summed E-state index contributed by atoms with van der Waals surface area (Å²) in [5, 5.41) is 13.6. The molecule has 3 aromatic carbocycles. The Kier molecular flexibility index (Phi) is 11.8. The first-order valence-electron chi connectivity index (χ1n) is 14.7. The zero-order valence-electron chi connectivity index (χ0n) is 25.0. The molecule has 4 rings (SSSR count). The largest absolute Gasteiger partial charge is 0.466 e. The van der Waals surface area contributed by atoms with Crippen LogP contribution in [0.1, 0.15) is 39.7 Å². The molecule has 0 saturated heterocycles. The molecule has 226 valence electrons. The molecule has 5 atom stereocenters. The molecule has 0 amide bonds. The highest BCUT2D eigenvalue weighted by Crippen LogP contribution is 2.46. The van der Waals surface area contributed by atoms with Crippen molar-refractivity contribution >= 4 is 49.1 Å². The molecular weight excluding hydrogens is 581 g/mol. The third-order valence-corrected chi connectivity index (χ3v) is 15.0. The summed E-state index contributed by atoms with van der Waals surface area (Å²) >= 11 is 6.08. The second kappa shape index (κ2) is 15.1. The van der Waals surface area contributed by atoms with Crippen molar-refractivity contribution in [3.05, 3.63) is 96.6 Å². The number of rotatable bonds is 13. The highest BCUT2D eigenvalue weighted by atomic mass is 32.2. The molecule has 1 aliphatic rings. The third-order valence-electron chi connectivity index (χ3n) is 7.97. The minimum Gasteiger partial charge on any atom is -0.466 e. The van der Waals surface area contributed by atoms with E-state index < -0.39 is 26.6 Å². The standard InChI is InChI=1S/C34H44O5S2Si/c1-5-37-29(35)23-28-31(32(30(36)33(28)41-22-21-40)38-24-25-15-9-6-10-16-25)39-42(34(2,3)4,26-17-11-7-12-18-26)27-19-13-8-14-20-27/h6-20,28,30-33,36,40H,5,21-24H2,1-4H3/t28-,30-,31-,32+,33?/m1/s1. The van der Waals surface area contributed by atoms with Gasteiger partial charge >= 0.3 is 5.97 Å². The molecule has 1 unspecified atom stereocenters. The summed E-state index contributed by atoms with van der Waals surface area (Å²) in [6.07, 6.45) is -1.87. The molecule has 8 heteroatoms. The highest BCUT2D eigenvalue weighted by molar-refractivity contribution is 8.00. The quantitative estimate of drug-likeness (QED) is 0.149. The fraction of sp³-hybridized carbons (Fsp3) is 0.441. The van der Waals surface area contributed by atoms with E-state index in [1.165, 1.54) is 0 Å². The molecular formula is C34H44O5S2Si. The molecule has 1 N–H and O–H groups in total. The van der Waals surface area contributed by atoms with Crippen LogP contribution in [0.25, 0.3) is 0 Å². The first-order valence-corrected chi connectivity index (χ1v) is 18.3. The first kappa shape index (κ1) is 32.8. The van der Waals surface area contributed by atoms with Gasteiger partial charge in [0.05, 0.1) is 31.8 Å². The summed E-state index contributed by atoms with van der Waals surface area (Å²) in [6, 6.07) is 30.9. The molecule has 3 aromatic rings. The van der Waals surface area contributed by atoms with Crippen LogP contribution < -0.4 is 10.4 Å². The monoisotopic (exact) mass is 624 g/mol. The van der Waals surface area contributed by atoms with Crippen LogP contribution in [0.5, 0.6) is 0 Å². The van der Waals surface area contributed by atoms with E-state index in [2.05, 4.69) is 81.9 Å². The Morgan fingerprint density at radius 3 is 1.95 bits per heavy atom. The van der Waals surface area contributed by atoms with Crippen LogP contribution in [0, 0.1) is 5.92 Å². The van der Waals surface area contributed by atoms with Gasteiger partial charge in [0.15, 0.2) is 0 Å². The third kappa shape index (κ3) is 7.34. The van der Waals surface area contributed by atoms with Gasteiger partial charge in [0.1, 0.15) is 6.10 Å². The normalized spacial score (nSPS) is 22.7. The van der Waals surface area contributed by atoms with Crippen molar-refractivity contribution < 1.29 is 23.8 Å². The fourth-order valence-corrected chi connectivity index (χ4v) is 12.4. The first-order chi connectivity index (χ1) is 20.2. The lowest BCUT2D eigenvalue weighted by Gasteiger charge is -2.46. The molecule has 42 heavy (non-hydrogen) atoms. The second-order valence-corrected chi connectivity index (χ2v) is 17.7. The van der Waals surface area contributed by atoms with E-state index in [-0.39, 0.29) is 28.6 Å². The summed E-state index contributed by atoms with van der Waals surface area (Å²) in [6.45, 7) is 9.15. The maximum Gasteiger partial charge on any atom is 0.306 e. The number of ether oxygens (including phenoxy) is 2. The molecule has 1 fully saturated rings. The van der Waals surface area contributed by atoms with Gasteiger partial charge in [-0.2, -0.15) is 24.4 Å². The van der Waals surface area contributed by atoms with Gasteiger partial charge in [-0.15, -0.1) is 0 Å². The number of esters is 1. The SMILES string of the molecule is CCOC(=O)C[C@H]1C(SCCS)[C@H](O)[C@H](OCc2ccccc2)[C@@H]1O[Si](c1ccccc1)(c1ccccc1)C(C)(C)C. The van der Waals surface area contributed by atoms with E-state index in [1.54, 1.807) is 11.8 Å². The van der Waals surface area contributed by atoms with Crippen molar-refractivity contribution in [3.63, 3.8) is 0 Å². The van der Waals surface area contributed by atoms with Crippen molar-refractivity contribution in [2.24, 2.45) is 5.92 Å². The van der Waals surface area contributed by atoms with Crippen LogP contribution >= 0.6 is 24.4 Å². The van der Waals surface area contributed by atoms with Crippen LogP contribution in [0.15, 0.2) is 91.0 Å². The Morgan fingerprint density at radius 2 is 1.45 bits per heavy atom. The zero-order chi connectivity index (χ0) is 30.2. The molecule has 0 bridgehead atoms. The van der Waals surface area contributed by atoms with Gasteiger partial charge in [-0.05, 0) is 33.7 Å². The van der Waals surface area contributed by atoms with Gasteiger partial charge in [-0.3, -0.25) is 4.79 Å². The van der Waals surface area contributed by atoms with E-state index in [1.807, 2.05) is 49.4 Å². The molecule has 5 nitrogen and oxygen atoms in total. The van der Waals surface area contributed by atoms with Gasteiger partial charge in [0.2, 0.25) is 0 Å². The molecule has 1 aliphatic carbocycles. The van der Waals surface area contributed by atoms with Crippen LogP contribution in [0.3, 0.4) is 0 Å². The van der Waals surface area contributed by atoms with Crippen LogP contribution in [0.4, 0.5) is 0 Å². The van der Waals surface area contributed by atoms with Gasteiger partial charge in [0, 0.05) is 16.9 Å². The number of carbonyl (C=O) groups excluding carboxylic acids is 1. The summed E-state index contributed by atoms with van der Waals surface area (Å²) < 4.78 is 19.7. The highest BCUT2D eigenvalue weighted by Gasteiger charge is 2.59. The van der Waals surface area contributed by atoms with Crippen molar-refractivity contribution in [1.82, 2.24) is 0 Å². The summed E-state index contributed by atoms with van der Waals surface area (Å²) in [7, 11) is -3.03. The predicted octanol–water partition coefficient (Wildman–Crippen LogP) is 5.49. The molecule has 0 heterocycles. The maximum atomic E-state index is 13.0. The van der Waals surface area contributed by atoms with E-state index in [9.17, 15) is 9.90 Å². The minimum absolute atomic E-state index is 0.142. The smallest absolute Gasteiger partial charge is 0.306 e. The van der Waals surface area contributed by atoms with Crippen molar-refractivity contribution in [2.45, 2.75) is 69.3 Å². The minimum atomic E-state index is -3.03. The number of hydrogen-bond donors (Lipinski definition) is 2. The summed E-state index contributed by atoms with van der Waals surface area (Å²) in [5.41, 5.74) is 1.02. The topological polar surface area (TPSA) is 65.0 Å². The van der Waals surface area contributed by atoms with Crippen LogP contribution in [-0.4, -0.2) is 61.1 Å². The van der Waals surface area contributed by atoms with E-state index in [0.29, 0.717) is 19.0 Å². The fourth-order valence-electron chi connectivity index (χ4n) is 6.13. The van der Waals surface area contributed by atoms with Gasteiger partial charge in [-0.25, -0.2) is 0 Å². The summed E-state index contributed by atoms with van der Waals surface area (Å²) in [5.74, 6) is 0.800. The average Bonchev–Trinajstić information content (AvgIpc) is 3.22. The number of carbonyl (C=O) groups is 1. The Labute approximate surface area is 261 Å². The van der Waals surface area contributed by atoms with Crippen molar-refractivity contribution in [3.8, 4) is 0 Å². The number of benzene rings is 3. The average molecular weight is 625 g/mol. The lowest BCUT2D eigenvalue weighted by Crippen LogP contribution is -2.69. The molecule has 0 radical (unpaired) electrons. The number of thiol groups is 1.